The summed E-state index contributed by atoms with van der Waals surface area (Å²) in [5, 5.41) is 9.16. The molecule has 4 nitrogen and oxygen atoms in total. The van der Waals surface area contributed by atoms with Gasteiger partial charge in [0.2, 0.25) is 9.84 Å². The van der Waals surface area contributed by atoms with Crippen molar-refractivity contribution in [3.05, 3.63) is 64.4 Å². The summed E-state index contributed by atoms with van der Waals surface area (Å²) in [4.78, 5) is 0.593. The van der Waals surface area contributed by atoms with E-state index in [4.69, 9.17) is 5.26 Å². The second kappa shape index (κ2) is 5.21. The predicted molar refractivity (Wildman–Crippen MR) is 85.3 cm³/mol. The van der Waals surface area contributed by atoms with Crippen molar-refractivity contribution in [1.29, 1.82) is 5.26 Å². The molecule has 116 valence electrons. The van der Waals surface area contributed by atoms with Crippen LogP contribution in [0.3, 0.4) is 0 Å². The Kier molecular flexibility index (Phi) is 3.46. The summed E-state index contributed by atoms with van der Waals surface area (Å²) in [7, 11) is -4.14. The molecule has 0 amide bonds. The maximum atomic E-state index is 14.2. The third-order valence-electron chi connectivity index (χ3n) is 3.89. The molecule has 0 saturated heterocycles. The Morgan fingerprint density at radius 3 is 2.52 bits per heavy atom. The van der Waals surface area contributed by atoms with Crippen molar-refractivity contribution in [2.45, 2.75) is 18.7 Å². The molecule has 1 aliphatic rings. The van der Waals surface area contributed by atoms with Gasteiger partial charge in [0.25, 0.3) is 0 Å². The van der Waals surface area contributed by atoms with E-state index in [-0.39, 0.29) is 5.69 Å². The summed E-state index contributed by atoms with van der Waals surface area (Å²) in [6, 6.07) is 11.3. The molecule has 6 heteroatoms. The third-order valence-corrected chi connectivity index (χ3v) is 5.61. The van der Waals surface area contributed by atoms with Gasteiger partial charge in [0.05, 0.1) is 5.69 Å². The highest BCUT2D eigenvalue weighted by Crippen LogP contribution is 2.40. The minimum absolute atomic E-state index is 0.201. The van der Waals surface area contributed by atoms with E-state index in [1.54, 1.807) is 12.1 Å². The highest BCUT2D eigenvalue weighted by Gasteiger charge is 2.34. The highest BCUT2D eigenvalue weighted by atomic mass is 32.2. The van der Waals surface area contributed by atoms with Crippen LogP contribution in [0.15, 0.2) is 52.4 Å². The summed E-state index contributed by atoms with van der Waals surface area (Å²) >= 11 is 0. The molecule has 0 radical (unpaired) electrons. The van der Waals surface area contributed by atoms with E-state index in [1.807, 2.05) is 26.0 Å². The maximum absolute atomic E-state index is 14.2. The summed E-state index contributed by atoms with van der Waals surface area (Å²) < 4.78 is 39.0. The number of allylic oxidation sites excluding steroid dienone is 1. The van der Waals surface area contributed by atoms with E-state index in [1.165, 1.54) is 23.2 Å². The first-order chi connectivity index (χ1) is 10.9. The first-order valence-electron chi connectivity index (χ1n) is 6.88. The third kappa shape index (κ3) is 2.30. The number of sulfone groups is 1. The molecule has 2 aromatic carbocycles. The van der Waals surface area contributed by atoms with E-state index < -0.39 is 25.5 Å². The minimum atomic E-state index is -4.14. The average Bonchev–Trinajstić information content (AvgIpc) is 2.50. The van der Waals surface area contributed by atoms with Crippen molar-refractivity contribution in [3.63, 3.8) is 0 Å². The molecule has 0 atom stereocenters. The van der Waals surface area contributed by atoms with Crippen LogP contribution >= 0.6 is 0 Å². The molecular formula is C17H13FN2O2S. The molecule has 1 aliphatic heterocycles. The van der Waals surface area contributed by atoms with Crippen molar-refractivity contribution in [3.8, 4) is 6.07 Å². The first-order valence-corrected chi connectivity index (χ1v) is 8.36. The van der Waals surface area contributed by atoms with Gasteiger partial charge >= 0.3 is 0 Å². The van der Waals surface area contributed by atoms with Crippen LogP contribution in [0, 0.1) is 31.0 Å². The minimum Gasteiger partial charge on any atom is -0.314 e. The smallest absolute Gasteiger partial charge is 0.223 e. The van der Waals surface area contributed by atoms with Crippen LogP contribution in [0.1, 0.15) is 11.1 Å². The molecule has 1 heterocycles. The van der Waals surface area contributed by atoms with Crippen LogP contribution < -0.4 is 4.90 Å². The van der Waals surface area contributed by atoms with Gasteiger partial charge in [-0.1, -0.05) is 12.1 Å². The molecule has 0 aromatic heterocycles. The van der Waals surface area contributed by atoms with Gasteiger partial charge in [-0.15, -0.1) is 0 Å². The SMILES string of the molecule is Cc1ccc(N2C=C(C#N)S(=O)(=O)c3c(F)cccc32)cc1C. The molecule has 0 unspecified atom stereocenters. The summed E-state index contributed by atoms with van der Waals surface area (Å²) in [6.45, 7) is 3.89. The van der Waals surface area contributed by atoms with Crippen molar-refractivity contribution in [1.82, 2.24) is 0 Å². The van der Waals surface area contributed by atoms with E-state index in [0.29, 0.717) is 5.69 Å². The number of nitriles is 1. The zero-order valence-electron chi connectivity index (χ0n) is 12.5. The Balaban J connectivity index is 2.32. The number of benzene rings is 2. The number of aryl methyl sites for hydroxylation is 2. The second-order valence-corrected chi connectivity index (χ2v) is 7.19. The number of fused-ring (bicyclic) bond motifs is 1. The molecule has 23 heavy (non-hydrogen) atoms. The van der Waals surface area contributed by atoms with Crippen molar-refractivity contribution >= 4 is 21.2 Å². The molecule has 0 saturated carbocycles. The van der Waals surface area contributed by atoms with Gasteiger partial charge < -0.3 is 4.90 Å². The summed E-state index contributed by atoms with van der Waals surface area (Å²) in [5.74, 6) is -0.864. The zero-order valence-corrected chi connectivity index (χ0v) is 13.4. The summed E-state index contributed by atoms with van der Waals surface area (Å²) in [6.07, 6.45) is 1.24. The van der Waals surface area contributed by atoms with Crippen molar-refractivity contribution in [2.75, 3.05) is 4.90 Å². The van der Waals surface area contributed by atoms with Gasteiger partial charge in [0, 0.05) is 11.9 Å². The fraction of sp³-hybridized carbons (Fsp3) is 0.118. The molecule has 0 bridgehead atoms. The van der Waals surface area contributed by atoms with Crippen LogP contribution in [0.5, 0.6) is 0 Å². The molecule has 0 aliphatic carbocycles. The van der Waals surface area contributed by atoms with E-state index in [9.17, 15) is 12.8 Å². The van der Waals surface area contributed by atoms with Crippen LogP contribution in [0.4, 0.5) is 15.8 Å². The zero-order chi connectivity index (χ0) is 16.8. The van der Waals surface area contributed by atoms with Gasteiger partial charge in [-0.3, -0.25) is 0 Å². The number of anilines is 2. The fourth-order valence-corrected chi connectivity index (χ4v) is 3.85. The Morgan fingerprint density at radius 1 is 1.13 bits per heavy atom. The molecule has 3 rings (SSSR count). The van der Waals surface area contributed by atoms with Gasteiger partial charge in [0.1, 0.15) is 16.8 Å². The average molecular weight is 328 g/mol. The lowest BCUT2D eigenvalue weighted by Gasteiger charge is -2.28. The van der Waals surface area contributed by atoms with Gasteiger partial charge in [-0.2, -0.15) is 5.26 Å². The van der Waals surface area contributed by atoms with Crippen molar-refractivity contribution < 1.29 is 12.8 Å². The number of halogens is 1. The van der Waals surface area contributed by atoms with Gasteiger partial charge in [-0.25, -0.2) is 12.8 Å². The lowest BCUT2D eigenvalue weighted by molar-refractivity contribution is 0.570. The number of nitrogens with zero attached hydrogens (tertiary/aromatic N) is 2. The topological polar surface area (TPSA) is 61.2 Å². The largest absolute Gasteiger partial charge is 0.314 e. The van der Waals surface area contributed by atoms with Gasteiger partial charge in [-0.05, 0) is 49.2 Å². The summed E-state index contributed by atoms with van der Waals surface area (Å²) in [5.41, 5.74) is 2.97. The Labute approximate surface area is 134 Å². The van der Waals surface area contributed by atoms with E-state index in [2.05, 4.69) is 0 Å². The van der Waals surface area contributed by atoms with Crippen molar-refractivity contribution in [2.24, 2.45) is 0 Å². The normalized spacial score (nSPS) is 15.6. The predicted octanol–water partition coefficient (Wildman–Crippen LogP) is 3.73. The molecule has 0 fully saturated rings. The van der Waals surface area contributed by atoms with E-state index in [0.717, 1.165) is 17.2 Å². The van der Waals surface area contributed by atoms with Crippen LogP contribution in [0.2, 0.25) is 0 Å². The molecule has 0 N–H and O–H groups in total. The van der Waals surface area contributed by atoms with Crippen LogP contribution in [-0.2, 0) is 9.84 Å². The maximum Gasteiger partial charge on any atom is 0.223 e. The fourth-order valence-electron chi connectivity index (χ4n) is 2.50. The Morgan fingerprint density at radius 2 is 1.87 bits per heavy atom. The monoisotopic (exact) mass is 328 g/mol. The standard InChI is InChI=1S/C17H13FN2O2S/c1-11-6-7-13(8-12(11)2)20-10-14(9-19)23(21,22)17-15(18)4-3-5-16(17)20/h3-8,10H,1-2H3. The molecular weight excluding hydrogens is 315 g/mol. The lowest BCUT2D eigenvalue weighted by Crippen LogP contribution is -2.22. The highest BCUT2D eigenvalue weighted by molar-refractivity contribution is 7.95. The molecule has 0 spiro atoms. The quantitative estimate of drug-likeness (QED) is 0.800. The lowest BCUT2D eigenvalue weighted by atomic mass is 10.1. The van der Waals surface area contributed by atoms with Gasteiger partial charge in [0.15, 0.2) is 4.91 Å². The number of hydrogen-bond donors (Lipinski definition) is 0. The molecule has 2 aromatic rings. The van der Waals surface area contributed by atoms with Crippen LogP contribution in [0.25, 0.3) is 0 Å². The number of rotatable bonds is 1. The Hall–Kier alpha value is -2.65. The second-order valence-electron chi connectivity index (χ2n) is 5.34. The van der Waals surface area contributed by atoms with E-state index >= 15 is 0 Å². The first kappa shape index (κ1) is 15.3. The Bertz CT molecular complexity index is 988. The number of hydrogen-bond acceptors (Lipinski definition) is 4. The van der Waals surface area contributed by atoms with Crippen LogP contribution in [-0.4, -0.2) is 8.42 Å².